The van der Waals surface area contributed by atoms with Crippen LogP contribution >= 0.6 is 11.3 Å². The van der Waals surface area contributed by atoms with Crippen molar-refractivity contribution in [3.05, 3.63) is 28.2 Å². The second-order valence-electron chi connectivity index (χ2n) is 9.23. The predicted molar refractivity (Wildman–Crippen MR) is 111 cm³/mol. The summed E-state index contributed by atoms with van der Waals surface area (Å²) in [6, 6.07) is 0.0953. The Morgan fingerprint density at radius 2 is 2.32 bits per heavy atom. The molecule has 2 bridgehead atoms. The summed E-state index contributed by atoms with van der Waals surface area (Å²) in [7, 11) is 0. The van der Waals surface area contributed by atoms with E-state index in [-0.39, 0.29) is 17.6 Å². The molecule has 3 fully saturated rings. The number of nitrogens with zero attached hydrogens (tertiary/aromatic N) is 2. The van der Waals surface area contributed by atoms with Crippen LogP contribution in [0.5, 0.6) is 0 Å². The summed E-state index contributed by atoms with van der Waals surface area (Å²) >= 11 is 1.43. The zero-order valence-electron chi connectivity index (χ0n) is 16.7. The van der Waals surface area contributed by atoms with Crippen molar-refractivity contribution in [2.75, 3.05) is 26.2 Å². The third kappa shape index (κ3) is 3.44. The maximum Gasteiger partial charge on any atom is 0.263 e. The number of amides is 1. The number of nitrogens with one attached hydrogen (secondary N) is 1. The number of morpholine rings is 1. The van der Waals surface area contributed by atoms with Crippen LogP contribution in [0.25, 0.3) is 0 Å². The van der Waals surface area contributed by atoms with E-state index in [2.05, 4.69) is 27.4 Å². The average Bonchev–Trinajstić information content (AvgIpc) is 3.41. The first-order valence-electron chi connectivity index (χ1n) is 10.9. The van der Waals surface area contributed by atoms with Gasteiger partial charge in [0.1, 0.15) is 10.5 Å². The molecule has 1 aliphatic heterocycles. The van der Waals surface area contributed by atoms with E-state index in [4.69, 9.17) is 4.74 Å². The molecule has 5 rings (SSSR count). The maximum absolute atomic E-state index is 12.9. The van der Waals surface area contributed by atoms with Crippen LogP contribution in [-0.2, 0) is 4.74 Å². The zero-order valence-corrected chi connectivity index (χ0v) is 17.5. The first-order chi connectivity index (χ1) is 13.6. The predicted octanol–water partition coefficient (Wildman–Crippen LogP) is 3.41. The van der Waals surface area contributed by atoms with E-state index in [1.165, 1.54) is 37.1 Å². The van der Waals surface area contributed by atoms with Gasteiger partial charge in [-0.3, -0.25) is 9.69 Å². The molecule has 6 heteroatoms. The van der Waals surface area contributed by atoms with E-state index in [0.29, 0.717) is 0 Å². The molecule has 3 aliphatic carbocycles. The van der Waals surface area contributed by atoms with Gasteiger partial charge >= 0.3 is 0 Å². The first kappa shape index (κ1) is 18.8. The second kappa shape index (κ2) is 7.54. The Labute approximate surface area is 171 Å². The molecule has 1 spiro atoms. The van der Waals surface area contributed by atoms with Crippen molar-refractivity contribution < 1.29 is 9.53 Å². The molecule has 2 saturated carbocycles. The Hall–Kier alpha value is -1.24. The van der Waals surface area contributed by atoms with E-state index in [9.17, 15) is 4.79 Å². The minimum atomic E-state index is -0.224. The van der Waals surface area contributed by atoms with Crippen molar-refractivity contribution in [2.45, 2.75) is 57.1 Å². The molecule has 1 aromatic rings. The minimum absolute atomic E-state index is 0.0187. The largest absolute Gasteiger partial charge is 0.370 e. The van der Waals surface area contributed by atoms with Crippen molar-refractivity contribution in [1.29, 1.82) is 0 Å². The molecule has 4 aliphatic rings. The number of hydrogen-bond donors (Lipinski definition) is 1. The van der Waals surface area contributed by atoms with Crippen LogP contribution in [0.3, 0.4) is 0 Å². The van der Waals surface area contributed by atoms with Crippen molar-refractivity contribution in [3.8, 4) is 0 Å². The topological polar surface area (TPSA) is 54.5 Å². The molecule has 5 nitrogen and oxygen atoms in total. The lowest BCUT2D eigenvalue weighted by Crippen LogP contribution is -2.64. The lowest BCUT2D eigenvalue weighted by Gasteiger charge is -2.50. The fourth-order valence-corrected chi connectivity index (χ4v) is 6.70. The van der Waals surface area contributed by atoms with Gasteiger partial charge in [0, 0.05) is 19.6 Å². The van der Waals surface area contributed by atoms with E-state index in [1.807, 2.05) is 6.92 Å². The second-order valence-corrected chi connectivity index (χ2v) is 10.1. The number of allylic oxidation sites excluding steroid dienone is 2. The number of carbonyl (C=O) groups is 1. The standard InChI is InChI=1S/C22H31N3O2S/c1-15-20(28-14-23-15)21(26)24-19-4-2-3-7-22(19)13-25(8-9-27-22)12-18-11-16-5-6-17(18)10-16/h5-6,14,16-19H,2-4,7-13H2,1H3,(H,24,26)/t16-,17+,18-,19-,22-/m1/s1. The number of ether oxygens (including phenoxy) is 1. The highest BCUT2D eigenvalue weighted by Gasteiger charge is 2.47. The number of aryl methyl sites for hydroxylation is 1. The number of thiazole rings is 1. The van der Waals surface area contributed by atoms with Crippen LogP contribution in [-0.4, -0.2) is 53.7 Å². The number of carbonyl (C=O) groups excluding carboxylic acids is 1. The maximum atomic E-state index is 12.9. The van der Waals surface area contributed by atoms with E-state index < -0.39 is 0 Å². The highest BCUT2D eigenvalue weighted by molar-refractivity contribution is 7.11. The van der Waals surface area contributed by atoms with E-state index >= 15 is 0 Å². The Balaban J connectivity index is 1.28. The van der Waals surface area contributed by atoms with Gasteiger partial charge in [-0.15, -0.1) is 11.3 Å². The summed E-state index contributed by atoms with van der Waals surface area (Å²) in [6.45, 7) is 5.85. The highest BCUT2D eigenvalue weighted by Crippen LogP contribution is 2.44. The summed E-state index contributed by atoms with van der Waals surface area (Å²) in [4.78, 5) is 20.5. The van der Waals surface area contributed by atoms with Gasteiger partial charge in [0.05, 0.1) is 23.9 Å². The van der Waals surface area contributed by atoms with Gasteiger partial charge in [0.2, 0.25) is 0 Å². The molecular formula is C22H31N3O2S. The normalized spacial score (nSPS) is 37.6. The van der Waals surface area contributed by atoms with Crippen LogP contribution in [0.4, 0.5) is 0 Å². The van der Waals surface area contributed by atoms with Crippen molar-refractivity contribution in [1.82, 2.24) is 15.2 Å². The molecule has 1 amide bonds. The Bertz CT molecular complexity index is 759. The van der Waals surface area contributed by atoms with Crippen LogP contribution in [0.15, 0.2) is 17.7 Å². The van der Waals surface area contributed by atoms with Gasteiger partial charge in [0.15, 0.2) is 0 Å². The van der Waals surface area contributed by atoms with Gasteiger partial charge in [-0.1, -0.05) is 25.0 Å². The molecule has 0 unspecified atom stereocenters. The lowest BCUT2D eigenvalue weighted by molar-refractivity contribution is -0.143. The monoisotopic (exact) mass is 401 g/mol. The molecule has 1 N–H and O–H groups in total. The van der Waals surface area contributed by atoms with Gasteiger partial charge in [-0.05, 0) is 50.4 Å². The van der Waals surface area contributed by atoms with Crippen LogP contribution in [0.2, 0.25) is 0 Å². The molecule has 5 atom stereocenters. The molecular weight excluding hydrogens is 370 g/mol. The quantitative estimate of drug-likeness (QED) is 0.786. The SMILES string of the molecule is Cc1ncsc1C(=O)N[C@@H]1CCCC[C@@]12CN(C[C@H]1C[C@@H]3C=C[C@H]1C3)CCO2. The zero-order chi connectivity index (χ0) is 19.1. The number of aromatic nitrogens is 1. The van der Waals surface area contributed by atoms with Gasteiger partial charge in [-0.2, -0.15) is 0 Å². The van der Waals surface area contributed by atoms with Crippen LogP contribution < -0.4 is 5.32 Å². The summed E-state index contributed by atoms with van der Waals surface area (Å²) in [5.74, 6) is 2.45. The Kier molecular flexibility index (Phi) is 5.06. The molecule has 0 radical (unpaired) electrons. The number of hydrogen-bond acceptors (Lipinski definition) is 5. The number of rotatable bonds is 4. The smallest absolute Gasteiger partial charge is 0.263 e. The summed E-state index contributed by atoms with van der Waals surface area (Å²) in [5, 5.41) is 3.33. The van der Waals surface area contributed by atoms with E-state index in [1.54, 1.807) is 5.51 Å². The summed E-state index contributed by atoms with van der Waals surface area (Å²) in [6.07, 6.45) is 12.0. The molecule has 152 valence electrons. The first-order valence-corrected chi connectivity index (χ1v) is 11.8. The summed E-state index contributed by atoms with van der Waals surface area (Å²) in [5.41, 5.74) is 2.35. The molecule has 1 aromatic heterocycles. The Morgan fingerprint density at radius 1 is 1.39 bits per heavy atom. The summed E-state index contributed by atoms with van der Waals surface area (Å²) < 4.78 is 6.44. The fourth-order valence-electron chi connectivity index (χ4n) is 5.99. The molecule has 1 saturated heterocycles. The van der Waals surface area contributed by atoms with Crippen molar-refractivity contribution in [3.63, 3.8) is 0 Å². The molecule has 28 heavy (non-hydrogen) atoms. The molecule has 0 aromatic carbocycles. The third-order valence-electron chi connectivity index (χ3n) is 7.43. The van der Waals surface area contributed by atoms with Crippen LogP contribution in [0.1, 0.15) is 53.9 Å². The van der Waals surface area contributed by atoms with Crippen molar-refractivity contribution in [2.24, 2.45) is 17.8 Å². The molecule has 2 heterocycles. The third-order valence-corrected chi connectivity index (χ3v) is 8.36. The Morgan fingerprint density at radius 3 is 3.07 bits per heavy atom. The van der Waals surface area contributed by atoms with Gasteiger partial charge < -0.3 is 10.1 Å². The fraction of sp³-hybridized carbons (Fsp3) is 0.727. The van der Waals surface area contributed by atoms with E-state index in [0.717, 1.165) is 67.3 Å². The number of fused-ring (bicyclic) bond motifs is 2. The van der Waals surface area contributed by atoms with Crippen molar-refractivity contribution >= 4 is 17.2 Å². The van der Waals surface area contributed by atoms with Gasteiger partial charge in [0.25, 0.3) is 5.91 Å². The average molecular weight is 402 g/mol. The van der Waals surface area contributed by atoms with Crippen LogP contribution in [0, 0.1) is 24.7 Å². The lowest BCUT2D eigenvalue weighted by atomic mass is 9.78. The minimum Gasteiger partial charge on any atom is -0.370 e. The van der Waals surface area contributed by atoms with Gasteiger partial charge in [-0.25, -0.2) is 4.98 Å². The highest BCUT2D eigenvalue weighted by atomic mass is 32.1.